The second-order valence-corrected chi connectivity index (χ2v) is 10.0. The highest BCUT2D eigenvalue weighted by atomic mass is 16.5. The number of ether oxygens (including phenoxy) is 4. The molecular formula is C29H34N2O5. The van der Waals surface area contributed by atoms with E-state index in [-0.39, 0.29) is 17.8 Å². The third-order valence-corrected chi connectivity index (χ3v) is 7.57. The Morgan fingerprint density at radius 2 is 1.89 bits per heavy atom. The molecule has 1 N–H and O–H groups in total. The van der Waals surface area contributed by atoms with E-state index in [1.54, 1.807) is 14.2 Å². The lowest BCUT2D eigenvalue weighted by Gasteiger charge is -2.29. The lowest BCUT2D eigenvalue weighted by atomic mass is 9.82. The highest BCUT2D eigenvalue weighted by molar-refractivity contribution is 6.13. The first kappa shape index (κ1) is 24.2. The fraction of sp³-hybridized carbons (Fsp3) is 0.448. The van der Waals surface area contributed by atoms with Crippen LogP contribution in [0.15, 0.2) is 46.6 Å². The Hall–Kier alpha value is -3.48. The van der Waals surface area contributed by atoms with E-state index in [2.05, 4.69) is 18.6 Å². The molecule has 7 nitrogen and oxygen atoms in total. The minimum atomic E-state index is -0.442. The van der Waals surface area contributed by atoms with Gasteiger partial charge in [-0.2, -0.15) is 10.2 Å². The van der Waals surface area contributed by atoms with Crippen molar-refractivity contribution >= 4 is 11.4 Å². The number of hydrogen-bond acceptors (Lipinski definition) is 7. The summed E-state index contributed by atoms with van der Waals surface area (Å²) in [4.78, 5) is 0. The van der Waals surface area contributed by atoms with Gasteiger partial charge in [-0.3, -0.25) is 0 Å². The van der Waals surface area contributed by atoms with Gasteiger partial charge in [-0.1, -0.05) is 19.9 Å². The predicted octanol–water partition coefficient (Wildman–Crippen LogP) is 5.60. The summed E-state index contributed by atoms with van der Waals surface area (Å²) in [6.07, 6.45) is 3.14. The highest BCUT2D eigenvalue weighted by Gasteiger charge is 2.63. The van der Waals surface area contributed by atoms with Gasteiger partial charge in [-0.25, -0.2) is 0 Å². The summed E-state index contributed by atoms with van der Waals surface area (Å²) in [7, 11) is 3.24. The van der Waals surface area contributed by atoms with Gasteiger partial charge in [-0.05, 0) is 50.5 Å². The van der Waals surface area contributed by atoms with Gasteiger partial charge in [0, 0.05) is 40.8 Å². The van der Waals surface area contributed by atoms with E-state index in [0.717, 1.165) is 53.1 Å². The first-order valence-corrected chi connectivity index (χ1v) is 12.5. The van der Waals surface area contributed by atoms with Crippen molar-refractivity contribution in [1.29, 1.82) is 0 Å². The molecule has 0 saturated heterocycles. The Labute approximate surface area is 212 Å². The minimum absolute atomic E-state index is 0.140. The molecule has 2 aromatic carbocycles. The van der Waals surface area contributed by atoms with E-state index in [9.17, 15) is 5.11 Å². The Bertz CT molecular complexity index is 1280. The number of rotatable bonds is 8. The van der Waals surface area contributed by atoms with E-state index < -0.39 is 5.41 Å². The maximum absolute atomic E-state index is 11.5. The van der Waals surface area contributed by atoms with Crippen molar-refractivity contribution in [1.82, 2.24) is 0 Å². The molecule has 5 rings (SSSR count). The Kier molecular flexibility index (Phi) is 6.18. The third-order valence-electron chi connectivity index (χ3n) is 7.57. The van der Waals surface area contributed by atoms with E-state index >= 15 is 0 Å². The Morgan fingerprint density at radius 3 is 2.58 bits per heavy atom. The summed E-state index contributed by atoms with van der Waals surface area (Å²) in [6.45, 7) is 10.7. The topological polar surface area (TPSA) is 81.9 Å². The molecule has 0 radical (unpaired) electrons. The summed E-state index contributed by atoms with van der Waals surface area (Å²) in [5.41, 5.74) is 4.64. The summed E-state index contributed by atoms with van der Waals surface area (Å²) < 4.78 is 23.3. The van der Waals surface area contributed by atoms with Gasteiger partial charge in [0.2, 0.25) is 0 Å². The van der Waals surface area contributed by atoms with Crippen LogP contribution in [0.2, 0.25) is 0 Å². The first-order chi connectivity index (χ1) is 17.3. The zero-order valence-electron chi connectivity index (χ0n) is 21.7. The molecule has 2 aliphatic heterocycles. The van der Waals surface area contributed by atoms with Crippen molar-refractivity contribution in [3.63, 3.8) is 0 Å². The molecule has 3 aliphatic rings. The maximum Gasteiger partial charge on any atom is 0.164 e. The molecule has 0 spiro atoms. The Morgan fingerprint density at radius 1 is 1.14 bits per heavy atom. The van der Waals surface area contributed by atoms with Gasteiger partial charge in [0.1, 0.15) is 23.4 Å². The standard InChI is InChI=1S/C29H34N2O5/c1-7-8-17(4)30-31-28(19-9-10-22-20(27(19)32)11-23(36-22)16(2)3)29-14-18(29)15-35-24-13-26(34-6)25(33-5)12-21(24)29/h9-10,12-13,18,23,32H,2,7-8,11,14-15H2,1,3-6H3/b30-17+,31-28-/t18?,23-,29?/m1/s1. The van der Waals surface area contributed by atoms with Crippen LogP contribution in [0.3, 0.4) is 0 Å². The van der Waals surface area contributed by atoms with Gasteiger partial charge in [-0.15, -0.1) is 0 Å². The quantitative estimate of drug-likeness (QED) is 0.296. The largest absolute Gasteiger partial charge is 0.507 e. The van der Waals surface area contributed by atoms with E-state index in [1.807, 2.05) is 38.1 Å². The van der Waals surface area contributed by atoms with Gasteiger partial charge in [0.25, 0.3) is 0 Å². The molecule has 0 amide bonds. The molecule has 1 aliphatic carbocycles. The van der Waals surface area contributed by atoms with Crippen molar-refractivity contribution < 1.29 is 24.1 Å². The number of nitrogens with zero attached hydrogens (tertiary/aromatic N) is 2. The van der Waals surface area contributed by atoms with Gasteiger partial charge in [0.15, 0.2) is 11.5 Å². The highest BCUT2D eigenvalue weighted by Crippen LogP contribution is 2.63. The lowest BCUT2D eigenvalue weighted by Crippen LogP contribution is -2.30. The van der Waals surface area contributed by atoms with Crippen LogP contribution in [-0.2, 0) is 11.8 Å². The van der Waals surface area contributed by atoms with Crippen LogP contribution >= 0.6 is 0 Å². The fourth-order valence-electron chi connectivity index (χ4n) is 5.50. The van der Waals surface area contributed by atoms with Gasteiger partial charge < -0.3 is 24.1 Å². The second kappa shape index (κ2) is 9.19. The van der Waals surface area contributed by atoms with Gasteiger partial charge >= 0.3 is 0 Å². The average molecular weight is 491 g/mol. The van der Waals surface area contributed by atoms with Crippen molar-refractivity contribution in [3.05, 3.63) is 53.1 Å². The fourth-order valence-corrected chi connectivity index (χ4v) is 5.50. The third kappa shape index (κ3) is 3.81. The van der Waals surface area contributed by atoms with E-state index in [0.29, 0.717) is 35.8 Å². The summed E-state index contributed by atoms with van der Waals surface area (Å²) in [5.74, 6) is 3.10. The first-order valence-electron chi connectivity index (χ1n) is 12.5. The number of benzene rings is 2. The monoisotopic (exact) mass is 490 g/mol. The number of phenols is 1. The molecule has 7 heteroatoms. The Balaban J connectivity index is 1.68. The van der Waals surface area contributed by atoms with Crippen molar-refractivity contribution in [2.45, 2.75) is 58.0 Å². The molecule has 2 heterocycles. The number of hydrogen-bond donors (Lipinski definition) is 1. The van der Waals surface area contributed by atoms with Crippen molar-refractivity contribution in [3.8, 4) is 28.7 Å². The van der Waals surface area contributed by atoms with Crippen LogP contribution in [0, 0.1) is 5.92 Å². The molecule has 36 heavy (non-hydrogen) atoms. The zero-order valence-corrected chi connectivity index (χ0v) is 21.7. The van der Waals surface area contributed by atoms with E-state index in [1.165, 1.54) is 0 Å². The summed E-state index contributed by atoms with van der Waals surface area (Å²) in [5, 5.41) is 21.0. The SMILES string of the molecule is C=C(C)[C@H]1Cc2c(ccc(/C(=N/N=C(\C)CCC)C34CC3COc3cc(OC)c(OC)cc34)c2O)O1. The summed E-state index contributed by atoms with van der Waals surface area (Å²) >= 11 is 0. The predicted molar refractivity (Wildman–Crippen MR) is 140 cm³/mol. The molecule has 1 saturated carbocycles. The van der Waals surface area contributed by atoms with Crippen LogP contribution in [-0.4, -0.2) is 43.5 Å². The molecule has 3 atom stereocenters. The average Bonchev–Trinajstić information content (AvgIpc) is 3.45. The molecule has 2 aromatic rings. The number of phenolic OH excluding ortho intramolecular Hbond substituents is 1. The number of methoxy groups -OCH3 is 2. The van der Waals surface area contributed by atoms with Crippen LogP contribution in [0.1, 0.15) is 56.7 Å². The second-order valence-electron chi connectivity index (χ2n) is 10.0. The van der Waals surface area contributed by atoms with E-state index in [4.69, 9.17) is 24.0 Å². The molecule has 190 valence electrons. The minimum Gasteiger partial charge on any atom is -0.507 e. The normalized spacial score (nSPS) is 24.1. The lowest BCUT2D eigenvalue weighted by molar-refractivity contribution is 0.267. The zero-order chi connectivity index (χ0) is 25.6. The summed E-state index contributed by atoms with van der Waals surface area (Å²) in [6, 6.07) is 7.68. The smallest absolute Gasteiger partial charge is 0.164 e. The molecular weight excluding hydrogens is 456 g/mol. The maximum atomic E-state index is 11.5. The number of fused-ring (bicyclic) bond motifs is 4. The molecule has 1 fully saturated rings. The van der Waals surface area contributed by atoms with Crippen LogP contribution < -0.4 is 18.9 Å². The molecule has 0 bridgehead atoms. The number of aromatic hydroxyl groups is 1. The molecule has 2 unspecified atom stereocenters. The van der Waals surface area contributed by atoms with Crippen molar-refractivity contribution in [2.75, 3.05) is 20.8 Å². The van der Waals surface area contributed by atoms with Crippen LogP contribution in [0.5, 0.6) is 28.7 Å². The molecule has 0 aromatic heterocycles. The van der Waals surface area contributed by atoms with Gasteiger partial charge in [0.05, 0.1) is 32.0 Å². The van der Waals surface area contributed by atoms with Crippen molar-refractivity contribution in [2.24, 2.45) is 16.1 Å². The van der Waals surface area contributed by atoms with Crippen LogP contribution in [0.25, 0.3) is 0 Å². The van der Waals surface area contributed by atoms with Crippen LogP contribution in [0.4, 0.5) is 0 Å².